The van der Waals surface area contributed by atoms with Crippen molar-refractivity contribution in [1.82, 2.24) is 0 Å². The molecule has 0 saturated heterocycles. The molecule has 0 aliphatic heterocycles. The molecule has 0 aliphatic carbocycles. The SMILES string of the molecule is CC=CCCC(=O)OC(=O)CCC=CC. The fourth-order valence-electron chi connectivity index (χ4n) is 0.965. The van der Waals surface area contributed by atoms with Crippen LogP contribution in [0.5, 0.6) is 0 Å². The van der Waals surface area contributed by atoms with E-state index in [-0.39, 0.29) is 12.8 Å². The Bertz CT molecular complexity index is 226. The van der Waals surface area contributed by atoms with Gasteiger partial charge in [0.05, 0.1) is 0 Å². The number of hydrogen-bond acceptors (Lipinski definition) is 3. The first-order valence-electron chi connectivity index (χ1n) is 5.16. The Hall–Kier alpha value is -1.38. The minimum Gasteiger partial charge on any atom is -0.393 e. The van der Waals surface area contributed by atoms with Crippen LogP contribution in [-0.2, 0) is 14.3 Å². The van der Waals surface area contributed by atoms with Crippen LogP contribution in [0.2, 0.25) is 0 Å². The van der Waals surface area contributed by atoms with Gasteiger partial charge in [0.1, 0.15) is 0 Å². The quantitative estimate of drug-likeness (QED) is 0.384. The first kappa shape index (κ1) is 13.6. The van der Waals surface area contributed by atoms with E-state index in [1.165, 1.54) is 0 Å². The van der Waals surface area contributed by atoms with Crippen LogP contribution < -0.4 is 0 Å². The van der Waals surface area contributed by atoms with Crippen molar-refractivity contribution < 1.29 is 14.3 Å². The number of hydrogen-bond donors (Lipinski definition) is 0. The van der Waals surface area contributed by atoms with Gasteiger partial charge >= 0.3 is 11.9 Å². The van der Waals surface area contributed by atoms with Gasteiger partial charge in [0, 0.05) is 12.8 Å². The molecular formula is C12H18O3. The minimum atomic E-state index is -0.446. The molecule has 84 valence electrons. The third-order valence-electron chi connectivity index (χ3n) is 1.73. The highest BCUT2D eigenvalue weighted by atomic mass is 16.6. The average molecular weight is 210 g/mol. The number of allylic oxidation sites excluding steroid dienone is 4. The Morgan fingerprint density at radius 1 is 0.933 bits per heavy atom. The number of carbonyl (C=O) groups is 2. The van der Waals surface area contributed by atoms with Gasteiger partial charge < -0.3 is 4.74 Å². The van der Waals surface area contributed by atoms with Crippen molar-refractivity contribution in [3.63, 3.8) is 0 Å². The Morgan fingerprint density at radius 3 is 1.67 bits per heavy atom. The molecule has 0 fully saturated rings. The third kappa shape index (κ3) is 8.94. The predicted octanol–water partition coefficient (Wildman–Crippen LogP) is 2.77. The number of carbonyl (C=O) groups excluding carboxylic acids is 2. The summed E-state index contributed by atoms with van der Waals surface area (Å²) in [6, 6.07) is 0. The molecule has 15 heavy (non-hydrogen) atoms. The Morgan fingerprint density at radius 2 is 1.33 bits per heavy atom. The van der Waals surface area contributed by atoms with E-state index in [1.54, 1.807) is 0 Å². The van der Waals surface area contributed by atoms with E-state index in [4.69, 9.17) is 0 Å². The molecule has 0 bridgehead atoms. The molecule has 0 radical (unpaired) electrons. The predicted molar refractivity (Wildman–Crippen MR) is 59.2 cm³/mol. The van der Waals surface area contributed by atoms with Crippen molar-refractivity contribution in [2.24, 2.45) is 0 Å². The minimum absolute atomic E-state index is 0.264. The number of rotatable bonds is 6. The van der Waals surface area contributed by atoms with Crippen LogP contribution in [0.1, 0.15) is 39.5 Å². The van der Waals surface area contributed by atoms with Gasteiger partial charge in [-0.25, -0.2) is 0 Å². The summed E-state index contributed by atoms with van der Waals surface area (Å²) in [5.41, 5.74) is 0. The van der Waals surface area contributed by atoms with Crippen molar-refractivity contribution in [2.75, 3.05) is 0 Å². The van der Waals surface area contributed by atoms with Gasteiger partial charge in [-0.3, -0.25) is 9.59 Å². The Kier molecular flexibility index (Phi) is 8.34. The molecule has 3 heteroatoms. The summed E-state index contributed by atoms with van der Waals surface area (Å²) < 4.78 is 4.60. The molecule has 3 nitrogen and oxygen atoms in total. The van der Waals surface area contributed by atoms with Gasteiger partial charge in [-0.15, -0.1) is 0 Å². The van der Waals surface area contributed by atoms with E-state index in [9.17, 15) is 9.59 Å². The smallest absolute Gasteiger partial charge is 0.313 e. The van der Waals surface area contributed by atoms with Gasteiger partial charge in [0.2, 0.25) is 0 Å². The second-order valence-electron chi connectivity index (χ2n) is 3.06. The van der Waals surface area contributed by atoms with Gasteiger partial charge in [-0.1, -0.05) is 24.3 Å². The third-order valence-corrected chi connectivity index (χ3v) is 1.73. The average Bonchev–Trinajstić information content (AvgIpc) is 2.18. The largest absolute Gasteiger partial charge is 0.393 e. The van der Waals surface area contributed by atoms with E-state index in [0.29, 0.717) is 12.8 Å². The second kappa shape index (κ2) is 9.19. The highest BCUT2D eigenvalue weighted by molar-refractivity contribution is 5.85. The standard InChI is InChI=1S/C12H18O3/c1-3-5-7-9-11(13)15-12(14)10-8-6-4-2/h3-6H,7-10H2,1-2H3. The summed E-state index contributed by atoms with van der Waals surface area (Å²) in [6.45, 7) is 3.77. The topological polar surface area (TPSA) is 43.4 Å². The zero-order valence-corrected chi connectivity index (χ0v) is 9.36. The molecular weight excluding hydrogens is 192 g/mol. The summed E-state index contributed by atoms with van der Waals surface area (Å²) >= 11 is 0. The molecule has 0 atom stereocenters. The summed E-state index contributed by atoms with van der Waals surface area (Å²) in [6.07, 6.45) is 9.23. The molecule has 0 aromatic carbocycles. The summed E-state index contributed by atoms with van der Waals surface area (Å²) in [5.74, 6) is -0.892. The van der Waals surface area contributed by atoms with Gasteiger partial charge in [0.25, 0.3) is 0 Å². The zero-order valence-electron chi connectivity index (χ0n) is 9.36. The molecule has 0 aromatic heterocycles. The maximum atomic E-state index is 11.1. The number of ether oxygens (including phenoxy) is 1. The first-order chi connectivity index (χ1) is 7.20. The van der Waals surface area contributed by atoms with Crippen LogP contribution in [-0.4, -0.2) is 11.9 Å². The Balaban J connectivity index is 3.62. The van der Waals surface area contributed by atoms with E-state index in [2.05, 4.69) is 4.74 Å². The fraction of sp³-hybridized carbons (Fsp3) is 0.500. The van der Waals surface area contributed by atoms with E-state index in [0.717, 1.165) is 0 Å². The molecule has 0 saturated carbocycles. The van der Waals surface area contributed by atoms with Crippen molar-refractivity contribution in [3.8, 4) is 0 Å². The Labute approximate surface area is 90.8 Å². The lowest BCUT2D eigenvalue weighted by molar-refractivity contribution is -0.159. The van der Waals surface area contributed by atoms with Gasteiger partial charge in [-0.05, 0) is 26.7 Å². The van der Waals surface area contributed by atoms with Crippen LogP contribution in [0.15, 0.2) is 24.3 Å². The monoisotopic (exact) mass is 210 g/mol. The van der Waals surface area contributed by atoms with Crippen LogP contribution in [0.25, 0.3) is 0 Å². The lowest BCUT2D eigenvalue weighted by atomic mass is 10.3. The van der Waals surface area contributed by atoms with Crippen molar-refractivity contribution >= 4 is 11.9 Å². The highest BCUT2D eigenvalue weighted by Crippen LogP contribution is 1.99. The number of esters is 2. The molecule has 0 unspecified atom stereocenters. The molecule has 0 aromatic rings. The van der Waals surface area contributed by atoms with Crippen molar-refractivity contribution in [1.29, 1.82) is 0 Å². The highest BCUT2D eigenvalue weighted by Gasteiger charge is 2.07. The maximum Gasteiger partial charge on any atom is 0.313 e. The zero-order chi connectivity index (χ0) is 11.5. The van der Waals surface area contributed by atoms with Crippen molar-refractivity contribution in [2.45, 2.75) is 39.5 Å². The molecule has 0 amide bonds. The first-order valence-corrected chi connectivity index (χ1v) is 5.16. The van der Waals surface area contributed by atoms with Crippen LogP contribution in [0, 0.1) is 0 Å². The lowest BCUT2D eigenvalue weighted by Gasteiger charge is -1.99. The molecule has 0 heterocycles. The fourth-order valence-corrected chi connectivity index (χ4v) is 0.965. The van der Waals surface area contributed by atoms with E-state index in [1.807, 2.05) is 38.2 Å². The van der Waals surface area contributed by atoms with Gasteiger partial charge in [0.15, 0.2) is 0 Å². The summed E-state index contributed by atoms with van der Waals surface area (Å²) in [7, 11) is 0. The van der Waals surface area contributed by atoms with E-state index < -0.39 is 11.9 Å². The normalized spacial score (nSPS) is 11.1. The lowest BCUT2D eigenvalue weighted by Crippen LogP contribution is -2.11. The molecule has 0 spiro atoms. The van der Waals surface area contributed by atoms with E-state index >= 15 is 0 Å². The van der Waals surface area contributed by atoms with Crippen LogP contribution in [0.3, 0.4) is 0 Å². The van der Waals surface area contributed by atoms with Crippen LogP contribution in [0.4, 0.5) is 0 Å². The molecule has 0 aliphatic rings. The van der Waals surface area contributed by atoms with Crippen LogP contribution >= 0.6 is 0 Å². The molecule has 0 N–H and O–H groups in total. The second-order valence-corrected chi connectivity index (χ2v) is 3.06. The summed E-state index contributed by atoms with van der Waals surface area (Å²) in [5, 5.41) is 0. The van der Waals surface area contributed by atoms with Gasteiger partial charge in [-0.2, -0.15) is 0 Å². The van der Waals surface area contributed by atoms with Crippen molar-refractivity contribution in [3.05, 3.63) is 24.3 Å². The molecule has 0 rings (SSSR count). The maximum absolute atomic E-state index is 11.1. The summed E-state index contributed by atoms with van der Waals surface area (Å²) in [4.78, 5) is 22.1.